The minimum absolute atomic E-state index is 0.0219. The Hall–Kier alpha value is -2.11. The van der Waals surface area contributed by atoms with E-state index in [1.165, 1.54) is 6.07 Å². The number of nitrogens with one attached hydrogen (secondary N) is 1. The normalized spacial score (nSPS) is 27.0. The number of aryl methyl sites for hydroxylation is 1. The number of halogens is 1. The Labute approximate surface area is 121 Å². The second-order valence-electron chi connectivity index (χ2n) is 5.78. The highest BCUT2D eigenvalue weighted by molar-refractivity contribution is 5.91. The van der Waals surface area contributed by atoms with E-state index in [4.69, 9.17) is 0 Å². The van der Waals surface area contributed by atoms with Gasteiger partial charge in [0, 0.05) is 17.8 Å². The van der Waals surface area contributed by atoms with Gasteiger partial charge in [-0.2, -0.15) is 0 Å². The second kappa shape index (κ2) is 5.02. The number of benzene rings is 1. The summed E-state index contributed by atoms with van der Waals surface area (Å²) >= 11 is 0. The average molecular weight is 292 g/mol. The van der Waals surface area contributed by atoms with Crippen molar-refractivity contribution in [3.8, 4) is 0 Å². The number of hydrogen-bond donors (Lipinski definition) is 2. The maximum absolute atomic E-state index is 13.5. The van der Waals surface area contributed by atoms with E-state index in [0.29, 0.717) is 17.7 Å². The van der Waals surface area contributed by atoms with Gasteiger partial charge in [-0.25, -0.2) is 9.18 Å². The van der Waals surface area contributed by atoms with Crippen LogP contribution < -0.4 is 5.32 Å². The van der Waals surface area contributed by atoms with Gasteiger partial charge >= 0.3 is 12.0 Å². The topological polar surface area (TPSA) is 69.6 Å². The van der Waals surface area contributed by atoms with Crippen LogP contribution in [0.4, 0.5) is 14.9 Å². The first-order valence-corrected chi connectivity index (χ1v) is 7.05. The van der Waals surface area contributed by atoms with Gasteiger partial charge in [0.1, 0.15) is 5.82 Å². The van der Waals surface area contributed by atoms with Crippen LogP contribution in [0, 0.1) is 18.7 Å². The minimum atomic E-state index is -0.846. The number of aliphatic carboxylic acids is 1. The SMILES string of the molecule is Cc1ccc(NC(=O)N2C3CCC2C(C(=O)O)C3)cc1F. The molecule has 0 spiro atoms. The summed E-state index contributed by atoms with van der Waals surface area (Å²) in [4.78, 5) is 25.2. The van der Waals surface area contributed by atoms with Gasteiger partial charge < -0.3 is 15.3 Å². The van der Waals surface area contributed by atoms with Crippen molar-refractivity contribution in [2.75, 3.05) is 5.32 Å². The Morgan fingerprint density at radius 3 is 2.76 bits per heavy atom. The molecule has 21 heavy (non-hydrogen) atoms. The average Bonchev–Trinajstić information content (AvgIpc) is 3.00. The Morgan fingerprint density at radius 2 is 2.14 bits per heavy atom. The van der Waals surface area contributed by atoms with Crippen LogP contribution in [0.5, 0.6) is 0 Å². The molecule has 3 atom stereocenters. The quantitative estimate of drug-likeness (QED) is 0.880. The summed E-state index contributed by atoms with van der Waals surface area (Å²) in [6.45, 7) is 1.65. The van der Waals surface area contributed by atoms with Crippen LogP contribution >= 0.6 is 0 Å². The van der Waals surface area contributed by atoms with Crippen molar-refractivity contribution >= 4 is 17.7 Å². The zero-order valence-electron chi connectivity index (χ0n) is 11.7. The van der Waals surface area contributed by atoms with E-state index in [-0.39, 0.29) is 23.9 Å². The number of carboxylic acid groups (broad SMARTS) is 1. The molecule has 0 aliphatic carbocycles. The highest BCUT2D eigenvalue weighted by Gasteiger charge is 2.51. The van der Waals surface area contributed by atoms with Crippen molar-refractivity contribution in [2.24, 2.45) is 5.92 Å². The van der Waals surface area contributed by atoms with E-state index >= 15 is 0 Å². The molecule has 0 saturated carbocycles. The van der Waals surface area contributed by atoms with Gasteiger partial charge in [-0.3, -0.25) is 4.79 Å². The molecule has 1 aromatic carbocycles. The molecule has 112 valence electrons. The van der Waals surface area contributed by atoms with E-state index in [9.17, 15) is 19.1 Å². The molecule has 3 rings (SSSR count). The van der Waals surface area contributed by atoms with Crippen molar-refractivity contribution in [3.63, 3.8) is 0 Å². The monoisotopic (exact) mass is 292 g/mol. The first kappa shape index (κ1) is 13.9. The third-order valence-electron chi connectivity index (χ3n) is 4.51. The third-order valence-corrected chi connectivity index (χ3v) is 4.51. The highest BCUT2D eigenvalue weighted by Crippen LogP contribution is 2.42. The summed E-state index contributed by atoms with van der Waals surface area (Å²) in [5, 5.41) is 11.8. The van der Waals surface area contributed by atoms with Crippen molar-refractivity contribution in [1.82, 2.24) is 4.90 Å². The Bertz CT molecular complexity index is 605. The van der Waals surface area contributed by atoms with Crippen LogP contribution in [0.3, 0.4) is 0 Å². The Balaban J connectivity index is 1.74. The lowest BCUT2D eigenvalue weighted by Crippen LogP contribution is -2.40. The molecule has 2 aliphatic rings. The zero-order chi connectivity index (χ0) is 15.1. The Kier molecular flexibility index (Phi) is 3.31. The fourth-order valence-corrected chi connectivity index (χ4v) is 3.43. The number of hydrogen-bond acceptors (Lipinski definition) is 2. The molecule has 2 saturated heterocycles. The van der Waals surface area contributed by atoms with Gasteiger partial charge in [-0.1, -0.05) is 6.07 Å². The maximum atomic E-state index is 13.5. The number of carbonyl (C=O) groups is 2. The Morgan fingerprint density at radius 1 is 1.38 bits per heavy atom. The van der Waals surface area contributed by atoms with Gasteiger partial charge in [0.2, 0.25) is 0 Å². The van der Waals surface area contributed by atoms with Crippen LogP contribution in [0.25, 0.3) is 0 Å². The number of urea groups is 1. The van der Waals surface area contributed by atoms with Crippen LogP contribution in [0.1, 0.15) is 24.8 Å². The standard InChI is InChI=1S/C15H17FN2O3/c1-8-2-3-9(6-12(8)16)17-15(21)18-10-4-5-13(18)11(7-10)14(19)20/h2-3,6,10-11,13H,4-5,7H2,1H3,(H,17,21)(H,19,20). The fraction of sp³-hybridized carbons (Fsp3) is 0.467. The summed E-state index contributed by atoms with van der Waals surface area (Å²) < 4.78 is 13.5. The highest BCUT2D eigenvalue weighted by atomic mass is 19.1. The third kappa shape index (κ3) is 2.34. The second-order valence-corrected chi connectivity index (χ2v) is 5.78. The molecular weight excluding hydrogens is 275 g/mol. The largest absolute Gasteiger partial charge is 0.481 e. The molecule has 0 radical (unpaired) electrons. The number of fused-ring (bicyclic) bond motifs is 2. The molecule has 5 nitrogen and oxygen atoms in total. The molecule has 6 heteroatoms. The van der Waals surface area contributed by atoms with Crippen LogP contribution in [0.15, 0.2) is 18.2 Å². The lowest BCUT2D eigenvalue weighted by Gasteiger charge is -2.23. The molecule has 0 aromatic heterocycles. The number of anilines is 1. The molecule has 3 unspecified atom stereocenters. The summed E-state index contributed by atoms with van der Waals surface area (Å²) in [6, 6.07) is 3.91. The molecule has 2 N–H and O–H groups in total. The van der Waals surface area contributed by atoms with Crippen molar-refractivity contribution < 1.29 is 19.1 Å². The van der Waals surface area contributed by atoms with Crippen molar-refractivity contribution in [3.05, 3.63) is 29.6 Å². The van der Waals surface area contributed by atoms with E-state index in [1.807, 2.05) is 0 Å². The first-order valence-electron chi connectivity index (χ1n) is 7.05. The first-order chi connectivity index (χ1) is 9.97. The van der Waals surface area contributed by atoms with Gasteiger partial charge in [-0.15, -0.1) is 0 Å². The molecule has 2 bridgehead atoms. The van der Waals surface area contributed by atoms with E-state index in [2.05, 4.69) is 5.32 Å². The molecule has 2 aliphatic heterocycles. The summed E-state index contributed by atoms with van der Waals surface area (Å²) in [7, 11) is 0. The number of rotatable bonds is 2. The van der Waals surface area contributed by atoms with Crippen molar-refractivity contribution in [1.29, 1.82) is 0 Å². The van der Waals surface area contributed by atoms with E-state index in [1.54, 1.807) is 24.0 Å². The van der Waals surface area contributed by atoms with Gasteiger partial charge in [-0.05, 0) is 43.9 Å². The van der Waals surface area contributed by atoms with E-state index in [0.717, 1.165) is 12.8 Å². The summed E-state index contributed by atoms with van der Waals surface area (Å²) in [5.41, 5.74) is 0.904. The van der Waals surface area contributed by atoms with Gasteiger partial charge in [0.15, 0.2) is 0 Å². The zero-order valence-corrected chi connectivity index (χ0v) is 11.7. The molecular formula is C15H17FN2O3. The lowest BCUT2D eigenvalue weighted by molar-refractivity contribution is -0.142. The summed E-state index contributed by atoms with van der Waals surface area (Å²) in [6.07, 6.45) is 2.07. The predicted molar refractivity (Wildman–Crippen MR) is 74.5 cm³/mol. The lowest BCUT2D eigenvalue weighted by atomic mass is 9.89. The molecule has 2 amide bonds. The number of carbonyl (C=O) groups excluding carboxylic acids is 1. The molecule has 2 fully saturated rings. The molecule has 2 heterocycles. The maximum Gasteiger partial charge on any atom is 0.322 e. The van der Waals surface area contributed by atoms with Crippen LogP contribution in [-0.4, -0.2) is 34.1 Å². The molecule has 1 aromatic rings. The van der Waals surface area contributed by atoms with Crippen molar-refractivity contribution in [2.45, 2.75) is 38.3 Å². The van der Waals surface area contributed by atoms with Crippen LogP contribution in [-0.2, 0) is 4.79 Å². The number of carboxylic acids is 1. The van der Waals surface area contributed by atoms with Crippen LogP contribution in [0.2, 0.25) is 0 Å². The minimum Gasteiger partial charge on any atom is -0.481 e. The number of nitrogens with zero attached hydrogens (tertiary/aromatic N) is 1. The van der Waals surface area contributed by atoms with E-state index < -0.39 is 11.9 Å². The van der Waals surface area contributed by atoms with Gasteiger partial charge in [0.05, 0.1) is 5.92 Å². The summed E-state index contributed by atoms with van der Waals surface area (Å²) in [5.74, 6) is -1.70. The van der Waals surface area contributed by atoms with Gasteiger partial charge in [0.25, 0.3) is 0 Å². The number of amides is 2. The smallest absolute Gasteiger partial charge is 0.322 e. The fourth-order valence-electron chi connectivity index (χ4n) is 3.43. The predicted octanol–water partition coefficient (Wildman–Crippen LogP) is 2.60.